The average molecular weight is 405 g/mol. The first-order valence-electron chi connectivity index (χ1n) is 7.79. The molecule has 5 nitrogen and oxygen atoms in total. The minimum Gasteiger partial charge on any atom is -0.491 e. The molecule has 2 rings (SSSR count). The van der Waals surface area contributed by atoms with Crippen molar-refractivity contribution in [3.63, 3.8) is 0 Å². The molecule has 0 saturated heterocycles. The molecular weight excluding hydrogens is 385 g/mol. The molecule has 0 fully saturated rings. The highest BCUT2D eigenvalue weighted by atomic mass is 35.5. The number of nitrogens with two attached hydrogens (primary N) is 1. The number of alkyl halides is 3. The third-order valence-electron chi connectivity index (χ3n) is 3.61. The van der Waals surface area contributed by atoms with E-state index in [4.69, 9.17) is 10.5 Å². The summed E-state index contributed by atoms with van der Waals surface area (Å²) in [5.74, 6) is -0.426. The molecule has 1 amide bonds. The van der Waals surface area contributed by atoms with Gasteiger partial charge in [-0.25, -0.2) is 0 Å². The quantitative estimate of drug-likeness (QED) is 0.645. The number of ether oxygens (including phenoxy) is 1. The number of nitrogen functional groups attached to an aromatic ring is 1. The highest BCUT2D eigenvalue weighted by Crippen LogP contribution is 2.31. The molecule has 0 saturated carbocycles. The molecule has 0 radical (unpaired) electrons. The summed E-state index contributed by atoms with van der Waals surface area (Å²) in [6.07, 6.45) is -5.56. The van der Waals surface area contributed by atoms with E-state index >= 15 is 0 Å². The van der Waals surface area contributed by atoms with Gasteiger partial charge in [0.1, 0.15) is 18.5 Å². The topological polar surface area (TPSA) is 84.6 Å². The summed E-state index contributed by atoms with van der Waals surface area (Å²) in [7, 11) is 0. The average Bonchev–Trinajstić information content (AvgIpc) is 2.59. The molecule has 0 aliphatic carbocycles. The fourth-order valence-electron chi connectivity index (χ4n) is 2.20. The van der Waals surface area contributed by atoms with E-state index in [1.807, 2.05) is 0 Å². The smallest absolute Gasteiger partial charge is 0.416 e. The van der Waals surface area contributed by atoms with Crippen molar-refractivity contribution < 1.29 is 27.8 Å². The summed E-state index contributed by atoms with van der Waals surface area (Å²) in [5, 5.41) is 12.4. The summed E-state index contributed by atoms with van der Waals surface area (Å²) in [6, 6.07) is 9.25. The van der Waals surface area contributed by atoms with Crippen LogP contribution in [0.2, 0.25) is 0 Å². The van der Waals surface area contributed by atoms with E-state index in [9.17, 15) is 23.1 Å². The Morgan fingerprint density at radius 1 is 1.26 bits per heavy atom. The van der Waals surface area contributed by atoms with Crippen molar-refractivity contribution in [3.05, 3.63) is 59.2 Å². The molecule has 4 N–H and O–H groups in total. The SMILES string of the molecule is Cc1ccc(N)cc1C(=O)NCC(O)COc1cccc(C(F)(F)F)c1.Cl. The first-order chi connectivity index (χ1) is 12.2. The van der Waals surface area contributed by atoms with Crippen LogP contribution in [0.15, 0.2) is 42.5 Å². The Kier molecular flexibility index (Phi) is 7.93. The molecule has 1 atom stereocenters. The van der Waals surface area contributed by atoms with Crippen molar-refractivity contribution in [3.8, 4) is 5.75 Å². The van der Waals surface area contributed by atoms with E-state index in [1.165, 1.54) is 18.2 Å². The number of amides is 1. The number of hydrogen-bond acceptors (Lipinski definition) is 4. The predicted octanol–water partition coefficient (Wildman–Crippen LogP) is 3.19. The molecule has 148 valence electrons. The van der Waals surface area contributed by atoms with Crippen LogP contribution in [0.25, 0.3) is 0 Å². The molecule has 0 bridgehead atoms. The second-order valence-corrected chi connectivity index (χ2v) is 5.77. The van der Waals surface area contributed by atoms with Gasteiger partial charge in [0.05, 0.1) is 5.56 Å². The van der Waals surface area contributed by atoms with Gasteiger partial charge in [0, 0.05) is 17.8 Å². The maximum absolute atomic E-state index is 12.6. The normalized spacial score (nSPS) is 12.0. The fraction of sp³-hybridized carbons (Fsp3) is 0.278. The molecule has 2 aromatic carbocycles. The third-order valence-corrected chi connectivity index (χ3v) is 3.61. The van der Waals surface area contributed by atoms with E-state index in [0.29, 0.717) is 11.3 Å². The first-order valence-corrected chi connectivity index (χ1v) is 7.79. The van der Waals surface area contributed by atoms with E-state index in [1.54, 1.807) is 19.1 Å². The zero-order chi connectivity index (χ0) is 19.3. The van der Waals surface area contributed by atoms with Crippen LogP contribution in [0.1, 0.15) is 21.5 Å². The van der Waals surface area contributed by atoms with Crippen molar-refractivity contribution in [2.45, 2.75) is 19.2 Å². The Morgan fingerprint density at radius 2 is 1.96 bits per heavy atom. The molecule has 9 heteroatoms. The number of benzene rings is 2. The molecule has 2 aromatic rings. The van der Waals surface area contributed by atoms with E-state index in [2.05, 4.69) is 5.32 Å². The van der Waals surface area contributed by atoms with Gasteiger partial charge in [-0.05, 0) is 42.8 Å². The van der Waals surface area contributed by atoms with Gasteiger partial charge in [-0.1, -0.05) is 12.1 Å². The van der Waals surface area contributed by atoms with Crippen LogP contribution in [-0.4, -0.2) is 30.3 Å². The van der Waals surface area contributed by atoms with Gasteiger partial charge in [0.2, 0.25) is 0 Å². The van der Waals surface area contributed by atoms with Crippen LogP contribution in [-0.2, 0) is 6.18 Å². The summed E-state index contributed by atoms with van der Waals surface area (Å²) >= 11 is 0. The van der Waals surface area contributed by atoms with Crippen molar-refractivity contribution in [2.24, 2.45) is 0 Å². The van der Waals surface area contributed by atoms with E-state index in [-0.39, 0.29) is 31.3 Å². The van der Waals surface area contributed by atoms with Gasteiger partial charge in [0.25, 0.3) is 5.91 Å². The van der Waals surface area contributed by atoms with Crippen LogP contribution in [0, 0.1) is 6.92 Å². The minimum atomic E-state index is -4.47. The Balaban J connectivity index is 0.00000364. The highest BCUT2D eigenvalue weighted by molar-refractivity contribution is 5.96. The van der Waals surface area contributed by atoms with E-state index < -0.39 is 23.8 Å². The molecule has 1 unspecified atom stereocenters. The Hall–Kier alpha value is -2.45. The molecule has 0 aromatic heterocycles. The summed E-state index contributed by atoms with van der Waals surface area (Å²) in [4.78, 5) is 12.1. The third kappa shape index (κ3) is 6.65. The van der Waals surface area contributed by atoms with Gasteiger partial charge in [-0.15, -0.1) is 12.4 Å². The highest BCUT2D eigenvalue weighted by Gasteiger charge is 2.30. The largest absolute Gasteiger partial charge is 0.491 e. The zero-order valence-electron chi connectivity index (χ0n) is 14.4. The van der Waals surface area contributed by atoms with Gasteiger partial charge in [0.15, 0.2) is 0 Å². The monoisotopic (exact) mass is 404 g/mol. The molecule has 0 heterocycles. The lowest BCUT2D eigenvalue weighted by molar-refractivity contribution is -0.137. The minimum absolute atomic E-state index is 0. The number of aliphatic hydroxyl groups excluding tert-OH is 1. The molecule has 0 spiro atoms. The Labute approximate surface area is 160 Å². The number of carbonyl (C=O) groups is 1. The number of rotatable bonds is 6. The number of aryl methyl sites for hydroxylation is 1. The zero-order valence-corrected chi connectivity index (χ0v) is 15.2. The fourth-order valence-corrected chi connectivity index (χ4v) is 2.20. The molecular formula is C18H20ClF3N2O3. The van der Waals surface area contributed by atoms with Gasteiger partial charge >= 0.3 is 6.18 Å². The lowest BCUT2D eigenvalue weighted by atomic mass is 10.1. The number of carbonyl (C=O) groups excluding carboxylic acids is 1. The predicted molar refractivity (Wildman–Crippen MR) is 98.1 cm³/mol. The molecule has 0 aliphatic rings. The summed E-state index contributed by atoms with van der Waals surface area (Å²) in [5.41, 5.74) is 6.36. The van der Waals surface area contributed by atoms with Crippen molar-refractivity contribution in [2.75, 3.05) is 18.9 Å². The second-order valence-electron chi connectivity index (χ2n) is 5.77. The van der Waals surface area contributed by atoms with Gasteiger partial charge < -0.3 is 20.9 Å². The van der Waals surface area contributed by atoms with Crippen LogP contribution >= 0.6 is 12.4 Å². The van der Waals surface area contributed by atoms with Crippen molar-refractivity contribution in [1.82, 2.24) is 5.32 Å². The lowest BCUT2D eigenvalue weighted by Crippen LogP contribution is -2.35. The molecule has 27 heavy (non-hydrogen) atoms. The number of nitrogens with one attached hydrogen (secondary N) is 1. The first kappa shape index (κ1) is 22.6. The van der Waals surface area contributed by atoms with Crippen molar-refractivity contribution >= 4 is 24.0 Å². The summed E-state index contributed by atoms with van der Waals surface area (Å²) < 4.78 is 43.1. The van der Waals surface area contributed by atoms with Crippen LogP contribution in [0.4, 0.5) is 18.9 Å². The van der Waals surface area contributed by atoms with Crippen LogP contribution in [0.3, 0.4) is 0 Å². The maximum atomic E-state index is 12.6. The second kappa shape index (κ2) is 9.48. The van der Waals surface area contributed by atoms with Crippen molar-refractivity contribution in [1.29, 1.82) is 0 Å². The van der Waals surface area contributed by atoms with Crippen LogP contribution in [0.5, 0.6) is 5.75 Å². The van der Waals surface area contributed by atoms with Gasteiger partial charge in [-0.3, -0.25) is 4.79 Å². The standard InChI is InChI=1S/C18H19F3N2O3.ClH/c1-11-5-6-13(22)8-16(11)17(25)23-9-14(24)10-26-15-4-2-3-12(7-15)18(19,20)21;/h2-8,14,24H,9-10,22H2,1H3,(H,23,25);1H. The number of anilines is 1. The molecule has 0 aliphatic heterocycles. The summed E-state index contributed by atoms with van der Waals surface area (Å²) in [6.45, 7) is 1.37. The van der Waals surface area contributed by atoms with Gasteiger partial charge in [-0.2, -0.15) is 13.2 Å². The maximum Gasteiger partial charge on any atom is 0.416 e. The number of hydrogen-bond donors (Lipinski definition) is 3. The Morgan fingerprint density at radius 3 is 2.63 bits per heavy atom. The van der Waals surface area contributed by atoms with E-state index in [0.717, 1.165) is 17.7 Å². The van der Waals surface area contributed by atoms with Crippen LogP contribution < -0.4 is 15.8 Å². The number of halogens is 4. The Bertz CT molecular complexity index is 785. The number of aliphatic hydroxyl groups is 1. The lowest BCUT2D eigenvalue weighted by Gasteiger charge is -2.15.